The van der Waals surface area contributed by atoms with E-state index in [4.69, 9.17) is 5.73 Å². The van der Waals surface area contributed by atoms with Gasteiger partial charge in [-0.25, -0.2) is 0 Å². The second kappa shape index (κ2) is 5.74. The van der Waals surface area contributed by atoms with Crippen LogP contribution in [0.1, 0.15) is 25.8 Å². The van der Waals surface area contributed by atoms with Gasteiger partial charge in [-0.15, -0.1) is 0 Å². The zero-order valence-corrected chi connectivity index (χ0v) is 11.9. The van der Waals surface area contributed by atoms with E-state index in [9.17, 15) is 4.79 Å². The first-order valence-electron chi connectivity index (χ1n) is 7.07. The minimum absolute atomic E-state index is 0.191. The predicted molar refractivity (Wildman–Crippen MR) is 77.7 cm³/mol. The van der Waals surface area contributed by atoms with E-state index in [2.05, 4.69) is 26.0 Å². The largest absolute Gasteiger partial charge is 0.341 e. The lowest BCUT2D eigenvalue weighted by atomic mass is 10.1. The van der Waals surface area contributed by atoms with Gasteiger partial charge in [0.25, 0.3) is 0 Å². The molecule has 1 aliphatic rings. The van der Waals surface area contributed by atoms with Crippen LogP contribution < -0.4 is 5.73 Å². The van der Waals surface area contributed by atoms with Gasteiger partial charge in [-0.1, -0.05) is 44.2 Å². The average molecular weight is 260 g/mol. The first kappa shape index (κ1) is 14.1. The molecule has 0 aliphatic heterocycles. The highest BCUT2D eigenvalue weighted by Crippen LogP contribution is 2.52. The molecule has 0 aromatic heterocycles. The van der Waals surface area contributed by atoms with Gasteiger partial charge >= 0.3 is 0 Å². The van der Waals surface area contributed by atoms with Gasteiger partial charge in [0.15, 0.2) is 0 Å². The third-order valence-corrected chi connectivity index (χ3v) is 4.04. The highest BCUT2D eigenvalue weighted by Gasteiger charge is 2.51. The summed E-state index contributed by atoms with van der Waals surface area (Å²) in [7, 11) is 0. The summed E-state index contributed by atoms with van der Waals surface area (Å²) in [5.41, 5.74) is 7.09. The number of hydrogen-bond acceptors (Lipinski definition) is 2. The Hall–Kier alpha value is -1.35. The van der Waals surface area contributed by atoms with Gasteiger partial charge in [0, 0.05) is 25.6 Å². The fourth-order valence-electron chi connectivity index (χ4n) is 2.51. The molecular formula is C16H24N2O. The van der Waals surface area contributed by atoms with Crippen molar-refractivity contribution < 1.29 is 4.79 Å². The van der Waals surface area contributed by atoms with E-state index < -0.39 is 0 Å². The molecule has 2 N–H and O–H groups in total. The number of nitrogens with zero attached hydrogens (tertiary/aromatic N) is 1. The Morgan fingerprint density at radius 1 is 1.32 bits per heavy atom. The van der Waals surface area contributed by atoms with Crippen LogP contribution in [0, 0.1) is 11.3 Å². The highest BCUT2D eigenvalue weighted by atomic mass is 16.2. The number of carbonyl (C=O) groups excluding carboxylic acids is 1. The first-order valence-corrected chi connectivity index (χ1v) is 7.07. The van der Waals surface area contributed by atoms with Gasteiger partial charge in [-0.3, -0.25) is 4.79 Å². The molecule has 1 amide bonds. The number of rotatable bonds is 6. The molecule has 0 saturated heterocycles. The molecule has 1 unspecified atom stereocenters. The van der Waals surface area contributed by atoms with Crippen molar-refractivity contribution in [2.24, 2.45) is 17.1 Å². The van der Waals surface area contributed by atoms with Gasteiger partial charge < -0.3 is 10.6 Å². The van der Waals surface area contributed by atoms with Crippen molar-refractivity contribution in [1.82, 2.24) is 4.90 Å². The summed E-state index contributed by atoms with van der Waals surface area (Å²) in [5.74, 6) is 0.487. The van der Waals surface area contributed by atoms with E-state index in [1.807, 2.05) is 23.1 Å². The molecule has 19 heavy (non-hydrogen) atoms. The summed E-state index contributed by atoms with van der Waals surface area (Å²) >= 11 is 0. The SMILES string of the molecule is CC1(C)CC1C(=O)N(CCN)CCc1ccccc1. The topological polar surface area (TPSA) is 46.3 Å². The Labute approximate surface area is 115 Å². The van der Waals surface area contributed by atoms with Crippen LogP contribution in [0.3, 0.4) is 0 Å². The second-order valence-electron chi connectivity index (χ2n) is 6.09. The monoisotopic (exact) mass is 260 g/mol. The van der Waals surface area contributed by atoms with Crippen molar-refractivity contribution >= 4 is 5.91 Å². The van der Waals surface area contributed by atoms with Gasteiger partial charge in [0.2, 0.25) is 5.91 Å². The van der Waals surface area contributed by atoms with E-state index >= 15 is 0 Å². The van der Waals surface area contributed by atoms with Crippen molar-refractivity contribution in [3.63, 3.8) is 0 Å². The third-order valence-electron chi connectivity index (χ3n) is 4.04. The molecule has 2 rings (SSSR count). The molecule has 3 nitrogen and oxygen atoms in total. The summed E-state index contributed by atoms with van der Waals surface area (Å²) in [6, 6.07) is 10.3. The van der Waals surface area contributed by atoms with Crippen molar-refractivity contribution in [3.8, 4) is 0 Å². The van der Waals surface area contributed by atoms with Gasteiger partial charge in [-0.2, -0.15) is 0 Å². The molecule has 1 aromatic rings. The van der Waals surface area contributed by atoms with Crippen LogP contribution in [0.4, 0.5) is 0 Å². The number of carbonyl (C=O) groups is 1. The summed E-state index contributed by atoms with van der Waals surface area (Å²) in [5, 5.41) is 0. The van der Waals surface area contributed by atoms with Gasteiger partial charge in [-0.05, 0) is 23.8 Å². The Morgan fingerprint density at radius 2 is 1.95 bits per heavy atom. The highest BCUT2D eigenvalue weighted by molar-refractivity contribution is 5.82. The summed E-state index contributed by atoms with van der Waals surface area (Å²) in [4.78, 5) is 14.3. The second-order valence-corrected chi connectivity index (χ2v) is 6.09. The lowest BCUT2D eigenvalue weighted by molar-refractivity contribution is -0.133. The van der Waals surface area contributed by atoms with Crippen molar-refractivity contribution in [1.29, 1.82) is 0 Å². The molecule has 0 spiro atoms. The molecular weight excluding hydrogens is 236 g/mol. The van der Waals surface area contributed by atoms with Crippen LogP contribution in [0.15, 0.2) is 30.3 Å². The minimum atomic E-state index is 0.191. The first-order chi connectivity index (χ1) is 9.04. The zero-order chi connectivity index (χ0) is 13.9. The fourth-order valence-corrected chi connectivity index (χ4v) is 2.51. The maximum absolute atomic E-state index is 12.4. The lowest BCUT2D eigenvalue weighted by Gasteiger charge is -2.23. The lowest BCUT2D eigenvalue weighted by Crippen LogP contribution is -2.38. The van der Waals surface area contributed by atoms with Gasteiger partial charge in [0.05, 0.1) is 0 Å². The average Bonchev–Trinajstić information content (AvgIpc) is 3.04. The molecule has 0 heterocycles. The molecule has 0 radical (unpaired) electrons. The smallest absolute Gasteiger partial charge is 0.226 e. The van der Waals surface area contributed by atoms with E-state index in [1.54, 1.807) is 0 Å². The minimum Gasteiger partial charge on any atom is -0.341 e. The molecule has 104 valence electrons. The van der Waals surface area contributed by atoms with Crippen LogP contribution in [0.2, 0.25) is 0 Å². The Morgan fingerprint density at radius 3 is 2.47 bits per heavy atom. The maximum Gasteiger partial charge on any atom is 0.226 e. The van der Waals surface area contributed by atoms with Crippen LogP contribution in [-0.4, -0.2) is 30.4 Å². The van der Waals surface area contributed by atoms with Crippen molar-refractivity contribution in [3.05, 3.63) is 35.9 Å². The quantitative estimate of drug-likeness (QED) is 0.851. The van der Waals surface area contributed by atoms with Crippen LogP contribution in [-0.2, 0) is 11.2 Å². The number of hydrogen-bond donors (Lipinski definition) is 1. The normalized spacial score (nSPS) is 20.1. The molecule has 1 saturated carbocycles. The molecule has 3 heteroatoms. The molecule has 0 bridgehead atoms. The standard InChI is InChI=1S/C16H24N2O/c1-16(2)12-14(16)15(19)18(11-9-17)10-8-13-6-4-3-5-7-13/h3-7,14H,8-12,17H2,1-2H3. The Balaban J connectivity index is 1.91. The number of benzene rings is 1. The van der Waals surface area contributed by atoms with Crippen LogP contribution >= 0.6 is 0 Å². The molecule has 1 aromatic carbocycles. The van der Waals surface area contributed by atoms with E-state index in [-0.39, 0.29) is 17.2 Å². The van der Waals surface area contributed by atoms with Crippen LogP contribution in [0.25, 0.3) is 0 Å². The van der Waals surface area contributed by atoms with Gasteiger partial charge in [0.1, 0.15) is 0 Å². The molecule has 1 fully saturated rings. The predicted octanol–water partition coefficient (Wildman–Crippen LogP) is 2.06. The molecule has 1 aliphatic carbocycles. The third kappa shape index (κ3) is 3.57. The maximum atomic E-state index is 12.4. The van der Waals surface area contributed by atoms with Crippen LogP contribution in [0.5, 0.6) is 0 Å². The van der Waals surface area contributed by atoms with E-state index in [1.165, 1.54) is 5.56 Å². The number of amides is 1. The summed E-state index contributed by atoms with van der Waals surface area (Å²) < 4.78 is 0. The number of nitrogens with two attached hydrogens (primary N) is 1. The van der Waals surface area contributed by atoms with E-state index in [0.717, 1.165) is 19.4 Å². The summed E-state index contributed by atoms with van der Waals surface area (Å²) in [6.07, 6.45) is 1.91. The Kier molecular flexibility index (Phi) is 4.25. The van der Waals surface area contributed by atoms with Crippen molar-refractivity contribution in [2.75, 3.05) is 19.6 Å². The fraction of sp³-hybridized carbons (Fsp3) is 0.562. The zero-order valence-electron chi connectivity index (χ0n) is 11.9. The van der Waals surface area contributed by atoms with E-state index in [0.29, 0.717) is 13.1 Å². The molecule has 1 atom stereocenters. The summed E-state index contributed by atoms with van der Waals surface area (Å²) in [6.45, 7) is 6.29. The Bertz CT molecular complexity index is 428. The van der Waals surface area contributed by atoms with Crippen molar-refractivity contribution in [2.45, 2.75) is 26.7 Å².